The van der Waals surface area contributed by atoms with E-state index in [0.29, 0.717) is 29.9 Å². The molecule has 1 aliphatic heterocycles. The van der Waals surface area contributed by atoms with E-state index >= 15 is 0 Å². The molecule has 1 aliphatic rings. The number of nitrogens with one attached hydrogen (secondary N) is 2. The number of carbonyl (C=O) groups is 1. The van der Waals surface area contributed by atoms with Crippen molar-refractivity contribution in [3.05, 3.63) is 28.7 Å². The molecule has 0 spiro atoms. The second kappa shape index (κ2) is 5.66. The minimum atomic E-state index is -0.524. The SMILES string of the molecule is Cc1cc(C)n2nc(C)c(C(=O)N[C@H]3CNCC[C@H]3O)c2n1. The predicted molar refractivity (Wildman–Crippen MR) is 81.9 cm³/mol. The summed E-state index contributed by atoms with van der Waals surface area (Å²) < 4.78 is 1.69. The standard InChI is InChI=1S/C15H21N5O2/c1-8-6-9(2)20-14(17-8)13(10(3)19-20)15(22)18-11-7-16-5-4-12(11)21/h6,11-12,16,21H,4-5,7H2,1-3H3,(H,18,22)/t11-,12+/m0/s1. The van der Waals surface area contributed by atoms with Crippen LogP contribution in [0, 0.1) is 20.8 Å². The van der Waals surface area contributed by atoms with E-state index in [-0.39, 0.29) is 11.9 Å². The number of hydrogen-bond donors (Lipinski definition) is 3. The van der Waals surface area contributed by atoms with Crippen molar-refractivity contribution in [2.24, 2.45) is 0 Å². The minimum Gasteiger partial charge on any atom is -0.391 e. The molecule has 1 fully saturated rings. The molecule has 7 nitrogen and oxygen atoms in total. The van der Waals surface area contributed by atoms with Gasteiger partial charge in [0.1, 0.15) is 5.56 Å². The van der Waals surface area contributed by atoms with Gasteiger partial charge in [0, 0.05) is 17.9 Å². The van der Waals surface area contributed by atoms with E-state index in [4.69, 9.17) is 0 Å². The Morgan fingerprint density at radius 3 is 2.95 bits per heavy atom. The van der Waals surface area contributed by atoms with Crippen LogP contribution in [0.25, 0.3) is 5.65 Å². The largest absolute Gasteiger partial charge is 0.391 e. The Hall–Kier alpha value is -1.99. The number of aromatic nitrogens is 3. The molecule has 2 atom stereocenters. The molecule has 3 rings (SSSR count). The van der Waals surface area contributed by atoms with Gasteiger partial charge in [-0.1, -0.05) is 0 Å². The first-order chi connectivity index (χ1) is 10.5. The van der Waals surface area contributed by atoms with E-state index in [2.05, 4.69) is 20.7 Å². The topological polar surface area (TPSA) is 91.6 Å². The molecule has 0 aromatic carbocycles. The number of aryl methyl sites for hydroxylation is 3. The number of aliphatic hydroxyl groups excluding tert-OH is 1. The van der Waals surface area contributed by atoms with E-state index < -0.39 is 6.10 Å². The first-order valence-corrected chi connectivity index (χ1v) is 7.50. The van der Waals surface area contributed by atoms with Crippen LogP contribution >= 0.6 is 0 Å². The van der Waals surface area contributed by atoms with Gasteiger partial charge in [0.05, 0.1) is 17.8 Å². The Morgan fingerprint density at radius 2 is 2.23 bits per heavy atom. The monoisotopic (exact) mass is 303 g/mol. The molecule has 3 N–H and O–H groups in total. The van der Waals surface area contributed by atoms with Crippen molar-refractivity contribution in [2.45, 2.75) is 39.3 Å². The van der Waals surface area contributed by atoms with Crippen molar-refractivity contribution in [1.82, 2.24) is 25.2 Å². The van der Waals surface area contributed by atoms with Crippen molar-refractivity contribution >= 4 is 11.6 Å². The van der Waals surface area contributed by atoms with Crippen LogP contribution in [0.5, 0.6) is 0 Å². The lowest BCUT2D eigenvalue weighted by molar-refractivity contribution is 0.0755. The van der Waals surface area contributed by atoms with Crippen LogP contribution in [-0.2, 0) is 0 Å². The molecule has 22 heavy (non-hydrogen) atoms. The van der Waals surface area contributed by atoms with Gasteiger partial charge >= 0.3 is 0 Å². The number of piperidine rings is 1. The van der Waals surface area contributed by atoms with Gasteiger partial charge in [-0.2, -0.15) is 5.10 Å². The van der Waals surface area contributed by atoms with Gasteiger partial charge in [-0.15, -0.1) is 0 Å². The maximum absolute atomic E-state index is 12.6. The van der Waals surface area contributed by atoms with E-state index in [1.54, 1.807) is 11.4 Å². The predicted octanol–water partition coefficient (Wildman–Crippen LogP) is 0.107. The molecule has 0 radical (unpaired) electrons. The maximum atomic E-state index is 12.6. The number of nitrogens with zero attached hydrogens (tertiary/aromatic N) is 3. The smallest absolute Gasteiger partial charge is 0.257 e. The molecule has 0 unspecified atom stereocenters. The third kappa shape index (κ3) is 2.57. The Morgan fingerprint density at radius 1 is 1.45 bits per heavy atom. The summed E-state index contributed by atoms with van der Waals surface area (Å²) in [4.78, 5) is 17.1. The first-order valence-electron chi connectivity index (χ1n) is 7.50. The highest BCUT2D eigenvalue weighted by atomic mass is 16.3. The maximum Gasteiger partial charge on any atom is 0.257 e. The lowest BCUT2D eigenvalue weighted by atomic mass is 10.0. The Balaban J connectivity index is 1.95. The molecule has 1 amide bonds. The van der Waals surface area contributed by atoms with E-state index in [0.717, 1.165) is 17.9 Å². The van der Waals surface area contributed by atoms with Crippen LogP contribution in [-0.4, -0.2) is 50.8 Å². The highest BCUT2D eigenvalue weighted by molar-refractivity contribution is 6.01. The van der Waals surface area contributed by atoms with Crippen LogP contribution in [0.3, 0.4) is 0 Å². The summed E-state index contributed by atoms with van der Waals surface area (Å²) in [5.74, 6) is -0.238. The molecule has 3 heterocycles. The zero-order valence-electron chi connectivity index (χ0n) is 13.1. The fraction of sp³-hybridized carbons (Fsp3) is 0.533. The second-order valence-corrected chi connectivity index (χ2v) is 5.87. The van der Waals surface area contributed by atoms with Gasteiger partial charge in [-0.3, -0.25) is 4.79 Å². The van der Waals surface area contributed by atoms with Crippen molar-refractivity contribution in [3.63, 3.8) is 0 Å². The number of amides is 1. The van der Waals surface area contributed by atoms with E-state index in [9.17, 15) is 9.90 Å². The first kappa shape index (κ1) is 14.9. The summed E-state index contributed by atoms with van der Waals surface area (Å²) in [7, 11) is 0. The summed E-state index contributed by atoms with van der Waals surface area (Å²) >= 11 is 0. The van der Waals surface area contributed by atoms with Crippen molar-refractivity contribution in [2.75, 3.05) is 13.1 Å². The summed E-state index contributed by atoms with van der Waals surface area (Å²) in [5, 5.41) is 20.5. The van der Waals surface area contributed by atoms with Crippen molar-refractivity contribution in [1.29, 1.82) is 0 Å². The fourth-order valence-electron chi connectivity index (χ4n) is 2.93. The molecule has 2 aromatic heterocycles. The highest BCUT2D eigenvalue weighted by Gasteiger charge is 2.27. The lowest BCUT2D eigenvalue weighted by Crippen LogP contribution is -2.53. The van der Waals surface area contributed by atoms with Crippen LogP contribution in [0.15, 0.2) is 6.07 Å². The molecule has 0 saturated carbocycles. The Labute approximate surface area is 128 Å². The Kier molecular flexibility index (Phi) is 3.84. The van der Waals surface area contributed by atoms with Crippen LogP contribution in [0.1, 0.15) is 33.9 Å². The zero-order valence-corrected chi connectivity index (χ0v) is 13.1. The van der Waals surface area contributed by atoms with Crippen molar-refractivity contribution < 1.29 is 9.90 Å². The quantitative estimate of drug-likeness (QED) is 0.732. The van der Waals surface area contributed by atoms with E-state index in [1.165, 1.54) is 0 Å². The average Bonchev–Trinajstić information content (AvgIpc) is 2.78. The summed E-state index contributed by atoms with van der Waals surface area (Å²) in [6.07, 6.45) is 0.110. The van der Waals surface area contributed by atoms with Gasteiger partial charge in [0.25, 0.3) is 5.91 Å². The molecular weight excluding hydrogens is 282 g/mol. The van der Waals surface area contributed by atoms with Crippen molar-refractivity contribution in [3.8, 4) is 0 Å². The number of hydrogen-bond acceptors (Lipinski definition) is 5. The molecular formula is C15H21N5O2. The number of fused-ring (bicyclic) bond motifs is 1. The third-order valence-electron chi connectivity index (χ3n) is 4.06. The van der Waals surface area contributed by atoms with Crippen LogP contribution < -0.4 is 10.6 Å². The van der Waals surface area contributed by atoms with Gasteiger partial charge in [-0.25, -0.2) is 9.50 Å². The number of rotatable bonds is 2. The molecule has 1 saturated heterocycles. The summed E-state index contributed by atoms with van der Waals surface area (Å²) in [5.41, 5.74) is 3.45. The molecule has 0 bridgehead atoms. The van der Waals surface area contributed by atoms with E-state index in [1.807, 2.05) is 19.9 Å². The van der Waals surface area contributed by atoms with Gasteiger partial charge in [0.2, 0.25) is 0 Å². The molecule has 2 aromatic rings. The normalized spacial score (nSPS) is 22.0. The molecule has 0 aliphatic carbocycles. The highest BCUT2D eigenvalue weighted by Crippen LogP contribution is 2.17. The van der Waals surface area contributed by atoms with Gasteiger partial charge < -0.3 is 15.7 Å². The average molecular weight is 303 g/mol. The minimum absolute atomic E-state index is 0.238. The fourth-order valence-corrected chi connectivity index (χ4v) is 2.93. The lowest BCUT2D eigenvalue weighted by Gasteiger charge is -2.29. The molecule has 7 heteroatoms. The van der Waals surface area contributed by atoms with Gasteiger partial charge in [0.15, 0.2) is 5.65 Å². The zero-order chi connectivity index (χ0) is 15.9. The van der Waals surface area contributed by atoms with Crippen LogP contribution in [0.4, 0.5) is 0 Å². The number of aliphatic hydroxyl groups is 1. The van der Waals surface area contributed by atoms with Crippen LogP contribution in [0.2, 0.25) is 0 Å². The number of carbonyl (C=O) groups excluding carboxylic acids is 1. The third-order valence-corrected chi connectivity index (χ3v) is 4.06. The molecule has 118 valence electrons. The second-order valence-electron chi connectivity index (χ2n) is 5.87. The summed E-state index contributed by atoms with van der Waals surface area (Å²) in [6.45, 7) is 6.96. The Bertz CT molecular complexity index is 724. The van der Waals surface area contributed by atoms with Gasteiger partial charge in [-0.05, 0) is 39.8 Å². The summed E-state index contributed by atoms with van der Waals surface area (Å²) in [6, 6.07) is 1.64.